The highest BCUT2D eigenvalue weighted by molar-refractivity contribution is 5.15. The van der Waals surface area contributed by atoms with Crippen molar-refractivity contribution in [3.8, 4) is 0 Å². The molecule has 1 heteroatoms. The maximum absolute atomic E-state index is 8.65. The van der Waals surface area contributed by atoms with E-state index < -0.39 is 0 Å². The van der Waals surface area contributed by atoms with Crippen LogP contribution in [0.1, 0.15) is 20.3 Å². The van der Waals surface area contributed by atoms with Gasteiger partial charge >= 0.3 is 0 Å². The zero-order valence-corrected chi connectivity index (χ0v) is 7.30. The monoisotopic (exact) mass is 152 g/mol. The summed E-state index contributed by atoms with van der Waals surface area (Å²) < 4.78 is 0. The lowest BCUT2D eigenvalue weighted by Crippen LogP contribution is -1.82. The third kappa shape index (κ3) is 5.62. The van der Waals surface area contributed by atoms with E-state index in [9.17, 15) is 0 Å². The molecule has 0 saturated heterocycles. The highest BCUT2D eigenvalue weighted by atomic mass is 16.3. The fourth-order valence-electron chi connectivity index (χ4n) is 0.594. The molecule has 0 bridgehead atoms. The topological polar surface area (TPSA) is 20.2 Å². The predicted molar refractivity (Wildman–Crippen MR) is 49.4 cm³/mol. The van der Waals surface area contributed by atoms with E-state index in [4.69, 9.17) is 5.11 Å². The van der Waals surface area contributed by atoms with Crippen molar-refractivity contribution in [2.24, 2.45) is 0 Å². The largest absolute Gasteiger partial charge is 0.392 e. The first-order chi connectivity index (χ1) is 5.20. The Labute approximate surface area is 68.7 Å². The van der Waals surface area contributed by atoms with Crippen molar-refractivity contribution in [2.45, 2.75) is 20.3 Å². The van der Waals surface area contributed by atoms with E-state index in [0.29, 0.717) is 0 Å². The van der Waals surface area contributed by atoms with Crippen LogP contribution in [0.4, 0.5) is 0 Å². The minimum atomic E-state index is 0.154. The van der Waals surface area contributed by atoms with Crippen molar-refractivity contribution in [3.05, 3.63) is 36.0 Å². The lowest BCUT2D eigenvalue weighted by atomic mass is 10.2. The minimum absolute atomic E-state index is 0.154. The van der Waals surface area contributed by atoms with E-state index in [2.05, 4.69) is 12.7 Å². The summed E-state index contributed by atoms with van der Waals surface area (Å²) in [5, 5.41) is 8.65. The number of hydrogen-bond donors (Lipinski definition) is 1. The summed E-state index contributed by atoms with van der Waals surface area (Å²) in [7, 11) is 0. The lowest BCUT2D eigenvalue weighted by Gasteiger charge is -1.92. The van der Waals surface area contributed by atoms with Crippen molar-refractivity contribution < 1.29 is 5.11 Å². The Morgan fingerprint density at radius 3 is 2.45 bits per heavy atom. The van der Waals surface area contributed by atoms with Gasteiger partial charge in [0, 0.05) is 0 Å². The molecule has 0 heterocycles. The average Bonchev–Trinajstić information content (AvgIpc) is 2.04. The summed E-state index contributed by atoms with van der Waals surface area (Å²) in [6.07, 6.45) is 6.78. The molecule has 0 aromatic heterocycles. The molecule has 0 atom stereocenters. The fraction of sp³-hybridized carbons (Fsp3) is 0.400. The molecule has 0 saturated carbocycles. The minimum Gasteiger partial charge on any atom is -0.392 e. The standard InChI is InChI=1S/C10H16O/c1-4-9(2)6-5-7-10(3)8-11/h4,6-7,11H,1,5,8H2,2-3H3/b9-6+,10-7+. The maximum atomic E-state index is 8.65. The lowest BCUT2D eigenvalue weighted by molar-refractivity contribution is 0.331. The number of allylic oxidation sites excluding steroid dienone is 4. The van der Waals surface area contributed by atoms with E-state index in [-0.39, 0.29) is 6.61 Å². The summed E-state index contributed by atoms with van der Waals surface area (Å²) in [4.78, 5) is 0. The van der Waals surface area contributed by atoms with Gasteiger partial charge in [0.1, 0.15) is 0 Å². The molecule has 0 spiro atoms. The molecule has 1 N–H and O–H groups in total. The van der Waals surface area contributed by atoms with Gasteiger partial charge in [0.25, 0.3) is 0 Å². The Morgan fingerprint density at radius 1 is 1.36 bits per heavy atom. The normalized spacial score (nSPS) is 13.4. The van der Waals surface area contributed by atoms with Crippen molar-refractivity contribution in [2.75, 3.05) is 6.61 Å². The van der Waals surface area contributed by atoms with Crippen LogP contribution >= 0.6 is 0 Å². The van der Waals surface area contributed by atoms with Crippen LogP contribution in [0.25, 0.3) is 0 Å². The Hall–Kier alpha value is -0.820. The number of aliphatic hydroxyl groups is 1. The fourth-order valence-corrected chi connectivity index (χ4v) is 0.594. The molecule has 0 radical (unpaired) electrons. The molecule has 0 aliphatic rings. The van der Waals surface area contributed by atoms with Gasteiger partial charge in [0.2, 0.25) is 0 Å². The van der Waals surface area contributed by atoms with Crippen molar-refractivity contribution in [1.29, 1.82) is 0 Å². The molecule has 11 heavy (non-hydrogen) atoms. The van der Waals surface area contributed by atoms with Crippen LogP contribution in [0.3, 0.4) is 0 Å². The molecule has 0 aromatic rings. The van der Waals surface area contributed by atoms with E-state index in [0.717, 1.165) is 12.0 Å². The zero-order chi connectivity index (χ0) is 8.69. The van der Waals surface area contributed by atoms with Crippen molar-refractivity contribution in [1.82, 2.24) is 0 Å². The van der Waals surface area contributed by atoms with Gasteiger partial charge < -0.3 is 5.11 Å². The molecule has 0 aliphatic heterocycles. The molecule has 0 aromatic carbocycles. The average molecular weight is 152 g/mol. The smallest absolute Gasteiger partial charge is 0.0639 e. The third-order valence-electron chi connectivity index (χ3n) is 1.48. The van der Waals surface area contributed by atoms with Crippen LogP contribution in [0, 0.1) is 0 Å². The van der Waals surface area contributed by atoms with Gasteiger partial charge in [-0.1, -0.05) is 36.0 Å². The Bertz CT molecular complexity index is 175. The van der Waals surface area contributed by atoms with E-state index in [1.807, 2.05) is 26.0 Å². The van der Waals surface area contributed by atoms with Gasteiger partial charge in [0.05, 0.1) is 6.61 Å². The van der Waals surface area contributed by atoms with Crippen LogP contribution < -0.4 is 0 Å². The van der Waals surface area contributed by atoms with Gasteiger partial charge in [-0.25, -0.2) is 0 Å². The molecule has 0 amide bonds. The van der Waals surface area contributed by atoms with Crippen molar-refractivity contribution >= 4 is 0 Å². The first-order valence-electron chi connectivity index (χ1n) is 3.76. The quantitative estimate of drug-likeness (QED) is 0.484. The summed E-state index contributed by atoms with van der Waals surface area (Å²) in [5.74, 6) is 0. The number of hydrogen-bond acceptors (Lipinski definition) is 1. The summed E-state index contributed by atoms with van der Waals surface area (Å²) in [6, 6.07) is 0. The number of aliphatic hydroxyl groups excluding tert-OH is 1. The second kappa shape index (κ2) is 5.93. The summed E-state index contributed by atoms with van der Waals surface area (Å²) >= 11 is 0. The van der Waals surface area contributed by atoms with Gasteiger partial charge in [-0.05, 0) is 20.3 Å². The maximum Gasteiger partial charge on any atom is 0.0639 e. The second-order valence-corrected chi connectivity index (χ2v) is 2.60. The molecule has 0 unspecified atom stereocenters. The molecule has 0 fully saturated rings. The van der Waals surface area contributed by atoms with Crippen LogP contribution in [0.5, 0.6) is 0 Å². The number of rotatable bonds is 4. The van der Waals surface area contributed by atoms with Gasteiger partial charge in [0.15, 0.2) is 0 Å². The Kier molecular flexibility index (Phi) is 5.49. The first kappa shape index (κ1) is 10.2. The SMILES string of the molecule is C=C/C(C)=C/C/C=C(\C)CO. The van der Waals surface area contributed by atoms with Crippen LogP contribution in [0.15, 0.2) is 36.0 Å². The highest BCUT2D eigenvalue weighted by Crippen LogP contribution is 1.99. The van der Waals surface area contributed by atoms with Gasteiger partial charge in [-0.2, -0.15) is 0 Å². The van der Waals surface area contributed by atoms with Crippen LogP contribution in [0.2, 0.25) is 0 Å². The Morgan fingerprint density at radius 2 is 2.00 bits per heavy atom. The molecule has 0 rings (SSSR count). The van der Waals surface area contributed by atoms with Crippen molar-refractivity contribution in [3.63, 3.8) is 0 Å². The van der Waals surface area contributed by atoms with Crippen LogP contribution in [-0.4, -0.2) is 11.7 Å². The van der Waals surface area contributed by atoms with E-state index >= 15 is 0 Å². The second-order valence-electron chi connectivity index (χ2n) is 2.60. The summed E-state index contributed by atoms with van der Waals surface area (Å²) in [6.45, 7) is 7.72. The molecule has 62 valence electrons. The Balaban J connectivity index is 3.80. The molecular formula is C10H16O. The van der Waals surface area contributed by atoms with Gasteiger partial charge in [-0.3, -0.25) is 0 Å². The highest BCUT2D eigenvalue weighted by Gasteiger charge is 1.82. The van der Waals surface area contributed by atoms with E-state index in [1.54, 1.807) is 0 Å². The van der Waals surface area contributed by atoms with Crippen LogP contribution in [-0.2, 0) is 0 Å². The predicted octanol–water partition coefficient (Wildman–Crippen LogP) is 2.45. The molecule has 1 nitrogen and oxygen atoms in total. The van der Waals surface area contributed by atoms with E-state index in [1.165, 1.54) is 5.57 Å². The summed E-state index contributed by atoms with van der Waals surface area (Å²) in [5.41, 5.74) is 2.19. The third-order valence-corrected chi connectivity index (χ3v) is 1.48. The zero-order valence-electron chi connectivity index (χ0n) is 7.30. The van der Waals surface area contributed by atoms with Gasteiger partial charge in [-0.15, -0.1) is 0 Å². The molecular weight excluding hydrogens is 136 g/mol. The molecule has 0 aliphatic carbocycles. The first-order valence-corrected chi connectivity index (χ1v) is 3.76.